The number of rotatable bonds is 18. The van der Waals surface area contributed by atoms with Crippen molar-refractivity contribution in [2.75, 3.05) is 94.1 Å². The first-order chi connectivity index (χ1) is 22.1. The van der Waals surface area contributed by atoms with Crippen molar-refractivity contribution in [1.82, 2.24) is 0 Å². The Balaban J connectivity index is -0.000000111. The van der Waals surface area contributed by atoms with Gasteiger partial charge >= 0.3 is 36.5 Å². The third-order valence-corrected chi connectivity index (χ3v) is 2.97. The standard InChI is InChI=1S/2C6H13FO3.2C3H5F3O2.2C2F4/c2*1-9-4-6(8)5-10-3-2-7;2*4-2-8-3(5,6)1-7;2*3-1(4)2(5)6/h2*6,8H,2-5H2,1H3;2*7H,1-2H2;;. The molecule has 10 nitrogen and oxygen atoms in total. The second-order valence-corrected chi connectivity index (χ2v) is 6.89. The van der Waals surface area contributed by atoms with E-state index < -0.39 is 89.0 Å². The van der Waals surface area contributed by atoms with E-state index in [1.54, 1.807) is 0 Å². The lowest BCUT2D eigenvalue weighted by atomic mass is 10.4. The van der Waals surface area contributed by atoms with Crippen molar-refractivity contribution >= 4 is 0 Å². The molecule has 26 heteroatoms. The monoisotopic (exact) mass is 764 g/mol. The second kappa shape index (κ2) is 41.1. The summed E-state index contributed by atoms with van der Waals surface area (Å²) in [5, 5.41) is 33.2. The SMILES string of the molecule is COCC(O)COCCF.COCC(O)COCCF.FC(F)=C(F)F.FC(F)=C(F)F.OCC(F)(F)OCF.OCC(F)(F)OCF. The van der Waals surface area contributed by atoms with Crippen LogP contribution in [0.5, 0.6) is 0 Å². The first kappa shape index (κ1) is 58.2. The molecule has 2 unspecified atom stereocenters. The molecule has 0 aromatic carbocycles. The Hall–Kier alpha value is -2.04. The molecule has 48 heavy (non-hydrogen) atoms. The lowest BCUT2D eigenvalue weighted by Gasteiger charge is -2.09. The Bertz CT molecular complexity index is 634. The number of aliphatic hydroxyl groups excluding tert-OH is 4. The average molecular weight is 764 g/mol. The summed E-state index contributed by atoms with van der Waals surface area (Å²) in [6, 6.07) is 0. The van der Waals surface area contributed by atoms with E-state index in [0.717, 1.165) is 0 Å². The molecule has 0 aliphatic carbocycles. The van der Waals surface area contributed by atoms with Gasteiger partial charge in [-0.15, -0.1) is 0 Å². The van der Waals surface area contributed by atoms with Gasteiger partial charge in [0, 0.05) is 14.2 Å². The zero-order chi connectivity index (χ0) is 39.2. The first-order valence-electron chi connectivity index (χ1n) is 11.9. The topological polar surface area (TPSA) is 136 Å². The van der Waals surface area contributed by atoms with Gasteiger partial charge in [-0.1, -0.05) is 0 Å². The van der Waals surface area contributed by atoms with Crippen LogP contribution in [0.15, 0.2) is 24.3 Å². The maximum absolute atomic E-state index is 11.4. The molecular weight excluding hydrogens is 728 g/mol. The normalized spacial score (nSPS) is 11.6. The minimum absolute atomic E-state index is 0.0424. The smallest absolute Gasteiger partial charge is 0.380 e. The molecule has 0 radical (unpaired) electrons. The quantitative estimate of drug-likeness (QED) is 0.112. The molecule has 296 valence electrons. The van der Waals surface area contributed by atoms with E-state index in [0.29, 0.717) is 0 Å². The van der Waals surface area contributed by atoms with Crippen LogP contribution in [0.2, 0.25) is 0 Å². The second-order valence-electron chi connectivity index (χ2n) is 6.89. The maximum Gasteiger partial charge on any atom is 0.380 e. The van der Waals surface area contributed by atoms with Crippen LogP contribution in [0.25, 0.3) is 0 Å². The number of methoxy groups -OCH3 is 2. The molecule has 0 aliphatic heterocycles. The summed E-state index contributed by atoms with van der Waals surface area (Å²) in [7, 11) is 2.97. The van der Waals surface area contributed by atoms with Gasteiger partial charge in [0.25, 0.3) is 0 Å². The average Bonchev–Trinajstić information content (AvgIpc) is 2.99. The molecule has 0 rings (SSSR count). The fourth-order valence-corrected chi connectivity index (χ4v) is 1.28. The molecule has 0 fully saturated rings. The minimum Gasteiger partial charge on any atom is -0.388 e. The van der Waals surface area contributed by atoms with Gasteiger partial charge in [-0.2, -0.15) is 52.7 Å². The van der Waals surface area contributed by atoms with Crippen molar-refractivity contribution in [3.05, 3.63) is 24.3 Å². The van der Waals surface area contributed by atoms with Crippen LogP contribution in [-0.4, -0.2) is 139 Å². The largest absolute Gasteiger partial charge is 0.388 e. The Labute approximate surface area is 263 Å². The predicted molar refractivity (Wildman–Crippen MR) is 130 cm³/mol. The van der Waals surface area contributed by atoms with Gasteiger partial charge in [-0.25, -0.2) is 17.6 Å². The first-order valence-corrected chi connectivity index (χ1v) is 11.9. The fraction of sp³-hybridized carbons (Fsp3) is 0.818. The van der Waals surface area contributed by atoms with Crippen molar-refractivity contribution in [1.29, 1.82) is 0 Å². The molecule has 0 saturated carbocycles. The van der Waals surface area contributed by atoms with Crippen LogP contribution < -0.4 is 0 Å². The number of aliphatic hydroxyl groups is 4. The number of hydrogen-bond acceptors (Lipinski definition) is 10. The third-order valence-electron chi connectivity index (χ3n) is 2.97. The highest BCUT2D eigenvalue weighted by Gasteiger charge is 2.28. The summed E-state index contributed by atoms with van der Waals surface area (Å²) in [5.41, 5.74) is 0. The lowest BCUT2D eigenvalue weighted by Crippen LogP contribution is -2.24. The summed E-state index contributed by atoms with van der Waals surface area (Å²) >= 11 is 0. The van der Waals surface area contributed by atoms with Gasteiger partial charge in [0.2, 0.25) is 0 Å². The Morgan fingerprint density at radius 2 is 0.771 bits per heavy atom. The van der Waals surface area contributed by atoms with Gasteiger partial charge in [0.1, 0.15) is 38.8 Å². The number of hydrogen-bond donors (Lipinski definition) is 4. The van der Waals surface area contributed by atoms with Gasteiger partial charge < -0.3 is 39.4 Å². The molecule has 0 spiro atoms. The van der Waals surface area contributed by atoms with Crippen LogP contribution in [0.4, 0.5) is 70.2 Å². The molecule has 2 atom stereocenters. The molecule has 0 bridgehead atoms. The van der Waals surface area contributed by atoms with E-state index in [9.17, 15) is 70.2 Å². The highest BCUT2D eigenvalue weighted by atomic mass is 19.3. The van der Waals surface area contributed by atoms with E-state index in [1.807, 2.05) is 0 Å². The third kappa shape index (κ3) is 62.7. The molecule has 0 saturated heterocycles. The van der Waals surface area contributed by atoms with Crippen molar-refractivity contribution in [3.63, 3.8) is 0 Å². The van der Waals surface area contributed by atoms with Crippen LogP contribution in [0, 0.1) is 0 Å². The number of ether oxygens (including phenoxy) is 6. The van der Waals surface area contributed by atoms with Gasteiger partial charge in [-0.3, -0.25) is 9.47 Å². The summed E-state index contributed by atoms with van der Waals surface area (Å²) in [6.07, 6.45) is -20.4. The van der Waals surface area contributed by atoms with Crippen molar-refractivity contribution in [3.8, 4) is 0 Å². The van der Waals surface area contributed by atoms with E-state index in [4.69, 9.17) is 29.9 Å². The summed E-state index contributed by atoms with van der Waals surface area (Å²) in [6.45, 7) is -6.37. The number of alkyl halides is 8. The summed E-state index contributed by atoms with van der Waals surface area (Å²) < 4.78 is 197. The van der Waals surface area contributed by atoms with E-state index in [1.165, 1.54) is 14.2 Å². The Morgan fingerprint density at radius 3 is 0.896 bits per heavy atom. The molecular formula is C22H36F16O10. The number of halogens is 16. The van der Waals surface area contributed by atoms with E-state index in [-0.39, 0.29) is 39.6 Å². The molecule has 0 aliphatic rings. The van der Waals surface area contributed by atoms with Crippen LogP contribution >= 0.6 is 0 Å². The Morgan fingerprint density at radius 1 is 0.521 bits per heavy atom. The van der Waals surface area contributed by atoms with E-state index >= 15 is 0 Å². The maximum atomic E-state index is 11.4. The fourth-order valence-electron chi connectivity index (χ4n) is 1.28. The summed E-state index contributed by atoms with van der Waals surface area (Å²) in [5.74, 6) is 0. The van der Waals surface area contributed by atoms with Gasteiger partial charge in [-0.05, 0) is 0 Å². The van der Waals surface area contributed by atoms with Gasteiger partial charge in [0.05, 0.1) is 39.6 Å². The van der Waals surface area contributed by atoms with Crippen molar-refractivity contribution < 1.29 is 119 Å². The Kier molecular flexibility index (Phi) is 49.9. The van der Waals surface area contributed by atoms with Crippen LogP contribution in [-0.2, 0) is 28.4 Å². The molecule has 0 heterocycles. The van der Waals surface area contributed by atoms with Crippen LogP contribution in [0.1, 0.15) is 0 Å². The molecule has 0 aromatic rings. The van der Waals surface area contributed by atoms with Crippen molar-refractivity contribution in [2.24, 2.45) is 0 Å². The van der Waals surface area contributed by atoms with Crippen LogP contribution in [0.3, 0.4) is 0 Å². The molecule has 0 amide bonds. The zero-order valence-corrected chi connectivity index (χ0v) is 24.9. The highest BCUT2D eigenvalue weighted by molar-refractivity contribution is 4.77. The van der Waals surface area contributed by atoms with E-state index in [2.05, 4.69) is 18.9 Å². The van der Waals surface area contributed by atoms with Crippen molar-refractivity contribution in [2.45, 2.75) is 24.4 Å². The van der Waals surface area contributed by atoms with Gasteiger partial charge in [0.15, 0.2) is 13.7 Å². The minimum atomic E-state index is -3.73. The lowest BCUT2D eigenvalue weighted by molar-refractivity contribution is -0.272. The highest BCUT2D eigenvalue weighted by Crippen LogP contribution is 2.13. The zero-order valence-electron chi connectivity index (χ0n) is 24.9. The predicted octanol–water partition coefficient (Wildman–Crippen LogP) is 4.97. The molecule has 0 aromatic heterocycles. The molecule has 4 N–H and O–H groups in total. The summed E-state index contributed by atoms with van der Waals surface area (Å²) in [4.78, 5) is 0.